The van der Waals surface area contributed by atoms with Gasteiger partial charge < -0.3 is 0 Å². The summed E-state index contributed by atoms with van der Waals surface area (Å²) in [4.78, 5) is 0.207. The van der Waals surface area contributed by atoms with Crippen LogP contribution in [0.1, 0.15) is 5.56 Å². The van der Waals surface area contributed by atoms with Crippen LogP contribution in [0, 0.1) is 0 Å². The van der Waals surface area contributed by atoms with Crippen molar-refractivity contribution >= 4 is 57.8 Å². The Balaban J connectivity index is 2.24. The Morgan fingerprint density at radius 3 is 2.35 bits per heavy atom. The number of hydrogen-bond acceptors (Lipinski definition) is 2. The monoisotopic (exact) mass is 481 g/mol. The summed E-state index contributed by atoms with van der Waals surface area (Å²) in [7, 11) is -3.58. The summed E-state index contributed by atoms with van der Waals surface area (Å²) in [5.41, 5.74) is 0.877. The third-order valence-corrected chi connectivity index (χ3v) is 6.26. The largest absolute Gasteiger partial charge is 0.242 e. The van der Waals surface area contributed by atoms with Gasteiger partial charge in [0.15, 0.2) is 0 Å². The van der Waals surface area contributed by atoms with Crippen molar-refractivity contribution in [2.75, 3.05) is 0 Å². The summed E-state index contributed by atoms with van der Waals surface area (Å²) in [6.07, 6.45) is 0. The predicted octanol–water partition coefficient (Wildman–Crippen LogP) is 4.45. The van der Waals surface area contributed by atoms with E-state index in [0.29, 0.717) is 8.95 Å². The molecular formula is C13H10Br3NO2S. The van der Waals surface area contributed by atoms with E-state index in [1.807, 2.05) is 24.3 Å². The Morgan fingerprint density at radius 2 is 1.65 bits per heavy atom. The Hall–Kier alpha value is -0.210. The topological polar surface area (TPSA) is 46.2 Å². The van der Waals surface area contributed by atoms with Gasteiger partial charge in [-0.05, 0) is 45.8 Å². The highest BCUT2D eigenvalue weighted by atomic mass is 79.9. The molecule has 0 radical (unpaired) electrons. The molecule has 0 aliphatic carbocycles. The van der Waals surface area contributed by atoms with Crippen molar-refractivity contribution in [1.29, 1.82) is 0 Å². The van der Waals surface area contributed by atoms with Crippen molar-refractivity contribution in [3.63, 3.8) is 0 Å². The van der Waals surface area contributed by atoms with Crippen molar-refractivity contribution in [3.05, 3.63) is 61.4 Å². The molecule has 0 saturated carbocycles. The molecule has 0 heterocycles. The van der Waals surface area contributed by atoms with E-state index < -0.39 is 10.0 Å². The van der Waals surface area contributed by atoms with Gasteiger partial charge in [-0.3, -0.25) is 0 Å². The van der Waals surface area contributed by atoms with E-state index in [9.17, 15) is 8.42 Å². The van der Waals surface area contributed by atoms with Gasteiger partial charge >= 0.3 is 0 Å². The third kappa shape index (κ3) is 3.92. The predicted molar refractivity (Wildman–Crippen MR) is 90.0 cm³/mol. The molecule has 0 aromatic heterocycles. The summed E-state index contributed by atoms with van der Waals surface area (Å²) in [6.45, 7) is 0.225. The van der Waals surface area contributed by atoms with Crippen LogP contribution < -0.4 is 4.72 Å². The lowest BCUT2D eigenvalue weighted by Gasteiger charge is -2.10. The molecule has 2 rings (SSSR count). The fraction of sp³-hybridized carbons (Fsp3) is 0.0769. The van der Waals surface area contributed by atoms with Crippen LogP contribution in [0.3, 0.4) is 0 Å². The molecule has 20 heavy (non-hydrogen) atoms. The summed E-state index contributed by atoms with van der Waals surface area (Å²) < 4.78 is 29.3. The molecule has 2 aromatic rings. The molecule has 0 aliphatic rings. The second-order valence-corrected chi connectivity index (χ2v) is 8.35. The molecule has 0 saturated heterocycles. The number of rotatable bonds is 4. The van der Waals surface area contributed by atoms with E-state index in [-0.39, 0.29) is 11.4 Å². The highest BCUT2D eigenvalue weighted by molar-refractivity contribution is 9.11. The Morgan fingerprint density at radius 1 is 0.950 bits per heavy atom. The minimum atomic E-state index is -3.58. The van der Waals surface area contributed by atoms with E-state index in [1.165, 1.54) is 0 Å². The lowest BCUT2D eigenvalue weighted by molar-refractivity contribution is 0.580. The molecule has 0 aliphatic heterocycles. The van der Waals surface area contributed by atoms with Crippen molar-refractivity contribution in [3.8, 4) is 0 Å². The van der Waals surface area contributed by atoms with Crippen LogP contribution in [-0.2, 0) is 16.6 Å². The van der Waals surface area contributed by atoms with Gasteiger partial charge in [0.2, 0.25) is 10.0 Å². The Bertz CT molecular complexity index is 732. The number of nitrogens with one attached hydrogen (secondary N) is 1. The van der Waals surface area contributed by atoms with Gasteiger partial charge in [-0.15, -0.1) is 0 Å². The lowest BCUT2D eigenvalue weighted by Crippen LogP contribution is -2.23. The fourth-order valence-corrected chi connectivity index (χ4v) is 4.51. The van der Waals surface area contributed by atoms with Crippen LogP contribution in [0.25, 0.3) is 0 Å². The van der Waals surface area contributed by atoms with E-state index >= 15 is 0 Å². The molecule has 1 N–H and O–H groups in total. The second kappa shape index (κ2) is 6.70. The molecule has 0 spiro atoms. The highest BCUT2D eigenvalue weighted by Crippen LogP contribution is 2.26. The van der Waals surface area contributed by atoms with Crippen molar-refractivity contribution in [1.82, 2.24) is 4.72 Å². The zero-order valence-electron chi connectivity index (χ0n) is 10.1. The number of sulfonamides is 1. The molecule has 0 bridgehead atoms. The SMILES string of the molecule is O=S(=O)(NCc1ccccc1Br)c1cc(Br)ccc1Br. The van der Waals surface area contributed by atoms with Crippen molar-refractivity contribution in [2.24, 2.45) is 0 Å². The maximum atomic E-state index is 12.3. The first kappa shape index (κ1) is 16.2. The van der Waals surface area contributed by atoms with Crippen LogP contribution >= 0.6 is 47.8 Å². The first-order valence-corrected chi connectivity index (χ1v) is 9.44. The lowest BCUT2D eigenvalue weighted by atomic mass is 10.2. The summed E-state index contributed by atoms with van der Waals surface area (Å²) in [5, 5.41) is 0. The average Bonchev–Trinajstić information content (AvgIpc) is 2.40. The Labute approximate surface area is 143 Å². The summed E-state index contributed by atoms with van der Waals surface area (Å²) in [5.74, 6) is 0. The maximum absolute atomic E-state index is 12.3. The number of halogens is 3. The Kier molecular flexibility index (Phi) is 5.42. The van der Waals surface area contributed by atoms with E-state index in [1.54, 1.807) is 18.2 Å². The zero-order chi connectivity index (χ0) is 14.8. The van der Waals surface area contributed by atoms with Crippen molar-refractivity contribution < 1.29 is 8.42 Å². The van der Waals surface area contributed by atoms with Crippen LogP contribution in [-0.4, -0.2) is 8.42 Å². The average molecular weight is 484 g/mol. The first-order chi connectivity index (χ1) is 9.40. The standard InChI is InChI=1S/C13H10Br3NO2S/c14-10-5-6-12(16)13(7-10)20(18,19)17-8-9-3-1-2-4-11(9)15/h1-7,17H,8H2. The maximum Gasteiger partial charge on any atom is 0.242 e. The van der Waals surface area contributed by atoms with Gasteiger partial charge in [-0.25, -0.2) is 13.1 Å². The third-order valence-electron chi connectivity index (χ3n) is 2.59. The van der Waals surface area contributed by atoms with E-state index in [0.717, 1.165) is 10.0 Å². The van der Waals surface area contributed by atoms with Gasteiger partial charge in [0.25, 0.3) is 0 Å². The van der Waals surface area contributed by atoms with E-state index in [2.05, 4.69) is 52.5 Å². The van der Waals surface area contributed by atoms with Gasteiger partial charge in [-0.1, -0.05) is 50.1 Å². The highest BCUT2D eigenvalue weighted by Gasteiger charge is 2.18. The van der Waals surface area contributed by atoms with Gasteiger partial charge in [0.05, 0.1) is 4.90 Å². The molecule has 2 aromatic carbocycles. The molecule has 106 valence electrons. The second-order valence-electron chi connectivity index (χ2n) is 3.99. The van der Waals surface area contributed by atoms with Crippen molar-refractivity contribution in [2.45, 2.75) is 11.4 Å². The normalized spacial score (nSPS) is 11.6. The first-order valence-electron chi connectivity index (χ1n) is 5.58. The van der Waals surface area contributed by atoms with Crippen LogP contribution in [0.4, 0.5) is 0 Å². The molecule has 0 amide bonds. The quantitative estimate of drug-likeness (QED) is 0.698. The minimum absolute atomic E-state index is 0.207. The molecule has 0 fully saturated rings. The van der Waals surface area contributed by atoms with Gasteiger partial charge in [0, 0.05) is 20.0 Å². The molecule has 3 nitrogen and oxygen atoms in total. The van der Waals surface area contributed by atoms with Gasteiger partial charge in [0.1, 0.15) is 0 Å². The van der Waals surface area contributed by atoms with Crippen LogP contribution in [0.5, 0.6) is 0 Å². The number of benzene rings is 2. The molecule has 0 atom stereocenters. The van der Waals surface area contributed by atoms with Gasteiger partial charge in [-0.2, -0.15) is 0 Å². The molecular weight excluding hydrogens is 474 g/mol. The van der Waals surface area contributed by atoms with Crippen LogP contribution in [0.2, 0.25) is 0 Å². The smallest absolute Gasteiger partial charge is 0.207 e. The fourth-order valence-electron chi connectivity index (χ4n) is 1.58. The summed E-state index contributed by atoms with van der Waals surface area (Å²) >= 11 is 9.93. The summed E-state index contributed by atoms with van der Waals surface area (Å²) in [6, 6.07) is 12.5. The van der Waals surface area contributed by atoms with E-state index in [4.69, 9.17) is 0 Å². The molecule has 0 unspecified atom stereocenters. The van der Waals surface area contributed by atoms with Crippen LogP contribution in [0.15, 0.2) is 60.8 Å². The molecule has 7 heteroatoms. The number of hydrogen-bond donors (Lipinski definition) is 1. The zero-order valence-corrected chi connectivity index (χ0v) is 15.7. The minimum Gasteiger partial charge on any atom is -0.207 e.